The van der Waals surface area contributed by atoms with Crippen molar-refractivity contribution in [3.05, 3.63) is 38.5 Å². The minimum atomic E-state index is 0.0237. The number of fused-ring (bicyclic) bond motifs is 1. The first-order valence-electron chi connectivity index (χ1n) is 4.36. The van der Waals surface area contributed by atoms with Crippen LogP contribution in [0.15, 0.2) is 21.7 Å². The van der Waals surface area contributed by atoms with Crippen molar-refractivity contribution in [1.82, 2.24) is 8.97 Å². The van der Waals surface area contributed by atoms with Gasteiger partial charge in [-0.15, -0.1) is 0 Å². The molecule has 2 aromatic rings. The third-order valence-corrected chi connectivity index (χ3v) is 3.61. The van der Waals surface area contributed by atoms with E-state index in [1.165, 1.54) is 0 Å². The molecule has 74 valence electrons. The second kappa shape index (κ2) is 2.98. The van der Waals surface area contributed by atoms with Gasteiger partial charge in [0.1, 0.15) is 5.52 Å². The molecule has 0 saturated heterocycles. The van der Waals surface area contributed by atoms with Crippen LogP contribution in [0.3, 0.4) is 0 Å². The summed E-state index contributed by atoms with van der Waals surface area (Å²) in [4.78, 5) is 11.8. The van der Waals surface area contributed by atoms with Crippen LogP contribution in [0.1, 0.15) is 11.3 Å². The Morgan fingerprint density at radius 3 is 2.57 bits per heavy atom. The predicted molar refractivity (Wildman–Crippen MR) is 59.8 cm³/mol. The summed E-state index contributed by atoms with van der Waals surface area (Å²) in [5.41, 5.74) is 2.96. The monoisotopic (exact) mass is 254 g/mol. The van der Waals surface area contributed by atoms with Crippen molar-refractivity contribution in [2.45, 2.75) is 13.8 Å². The van der Waals surface area contributed by atoms with Gasteiger partial charge in [-0.25, -0.2) is 0 Å². The predicted octanol–water partition coefficient (Wildman–Crippen LogP) is 2.02. The van der Waals surface area contributed by atoms with E-state index in [9.17, 15) is 4.79 Å². The van der Waals surface area contributed by atoms with Crippen LogP contribution in [0.2, 0.25) is 0 Å². The summed E-state index contributed by atoms with van der Waals surface area (Å²) in [6.07, 6.45) is 3.68. The van der Waals surface area contributed by atoms with E-state index in [4.69, 9.17) is 0 Å². The molecule has 0 spiro atoms. The largest absolute Gasteiger partial charge is 0.315 e. The van der Waals surface area contributed by atoms with E-state index in [1.54, 1.807) is 17.8 Å². The first-order chi connectivity index (χ1) is 6.54. The van der Waals surface area contributed by atoms with E-state index in [2.05, 4.69) is 15.9 Å². The Hall–Kier alpha value is -1.03. The fraction of sp³-hybridized carbons (Fsp3) is 0.300. The van der Waals surface area contributed by atoms with Gasteiger partial charge in [-0.3, -0.25) is 4.79 Å². The zero-order chi connectivity index (χ0) is 10.5. The summed E-state index contributed by atoms with van der Waals surface area (Å²) in [7, 11) is 1.76. The van der Waals surface area contributed by atoms with Gasteiger partial charge in [0, 0.05) is 25.1 Å². The second-order valence-corrected chi connectivity index (χ2v) is 4.25. The zero-order valence-electron chi connectivity index (χ0n) is 8.34. The summed E-state index contributed by atoms with van der Waals surface area (Å²) >= 11 is 3.45. The van der Waals surface area contributed by atoms with Crippen LogP contribution in [-0.4, -0.2) is 8.97 Å². The van der Waals surface area contributed by atoms with Gasteiger partial charge in [0.25, 0.3) is 5.56 Å². The fourth-order valence-corrected chi connectivity index (χ4v) is 2.22. The SMILES string of the molecule is Cc1c(Br)c2c(=O)n(C)ccn2c1C. The fourth-order valence-electron chi connectivity index (χ4n) is 1.58. The van der Waals surface area contributed by atoms with Crippen LogP contribution < -0.4 is 5.56 Å². The summed E-state index contributed by atoms with van der Waals surface area (Å²) in [6, 6.07) is 0. The van der Waals surface area contributed by atoms with Crippen molar-refractivity contribution >= 4 is 21.4 Å². The number of aromatic nitrogens is 2. The lowest BCUT2D eigenvalue weighted by Crippen LogP contribution is -2.17. The average Bonchev–Trinajstić information content (AvgIpc) is 2.38. The van der Waals surface area contributed by atoms with Crippen molar-refractivity contribution < 1.29 is 0 Å². The lowest BCUT2D eigenvalue weighted by atomic mass is 10.3. The van der Waals surface area contributed by atoms with Crippen molar-refractivity contribution in [3.63, 3.8) is 0 Å². The summed E-state index contributed by atoms with van der Waals surface area (Å²) in [6.45, 7) is 4.01. The first-order valence-corrected chi connectivity index (χ1v) is 5.15. The number of aryl methyl sites for hydroxylation is 2. The van der Waals surface area contributed by atoms with Gasteiger partial charge in [0.2, 0.25) is 0 Å². The minimum Gasteiger partial charge on any atom is -0.315 e. The highest BCUT2D eigenvalue weighted by molar-refractivity contribution is 9.10. The van der Waals surface area contributed by atoms with Crippen molar-refractivity contribution in [1.29, 1.82) is 0 Å². The summed E-state index contributed by atoms with van der Waals surface area (Å²) in [5.74, 6) is 0. The number of nitrogens with zero attached hydrogens (tertiary/aromatic N) is 2. The highest BCUT2D eigenvalue weighted by atomic mass is 79.9. The Morgan fingerprint density at radius 2 is 1.93 bits per heavy atom. The van der Waals surface area contributed by atoms with E-state index >= 15 is 0 Å². The molecule has 2 rings (SSSR count). The Bertz CT molecular complexity index is 565. The van der Waals surface area contributed by atoms with Gasteiger partial charge < -0.3 is 8.97 Å². The smallest absolute Gasteiger partial charge is 0.275 e. The molecule has 0 aliphatic carbocycles. The zero-order valence-corrected chi connectivity index (χ0v) is 9.92. The molecule has 0 atom stereocenters. The lowest BCUT2D eigenvalue weighted by Gasteiger charge is -2.00. The Kier molecular flexibility index (Phi) is 2.03. The van der Waals surface area contributed by atoms with Gasteiger partial charge in [0.15, 0.2) is 0 Å². The topological polar surface area (TPSA) is 26.4 Å². The Labute approximate surface area is 90.1 Å². The molecule has 0 amide bonds. The number of hydrogen-bond donors (Lipinski definition) is 0. The third-order valence-electron chi connectivity index (χ3n) is 2.64. The van der Waals surface area contributed by atoms with Crippen LogP contribution in [-0.2, 0) is 7.05 Å². The summed E-state index contributed by atoms with van der Waals surface area (Å²) in [5, 5.41) is 0. The molecular formula is C10H11BrN2O. The van der Waals surface area contributed by atoms with Gasteiger partial charge >= 0.3 is 0 Å². The average molecular weight is 255 g/mol. The maximum Gasteiger partial charge on any atom is 0.275 e. The van der Waals surface area contributed by atoms with Gasteiger partial charge in [-0.1, -0.05) is 0 Å². The molecule has 2 heterocycles. The van der Waals surface area contributed by atoms with Crippen LogP contribution in [0.25, 0.3) is 5.52 Å². The van der Waals surface area contributed by atoms with Crippen LogP contribution in [0, 0.1) is 13.8 Å². The van der Waals surface area contributed by atoms with E-state index in [0.29, 0.717) is 5.52 Å². The first kappa shape index (κ1) is 9.52. The van der Waals surface area contributed by atoms with Crippen molar-refractivity contribution in [2.24, 2.45) is 7.05 Å². The molecule has 0 saturated carbocycles. The Balaban J connectivity index is 3.11. The van der Waals surface area contributed by atoms with Gasteiger partial charge in [-0.2, -0.15) is 0 Å². The molecule has 0 aliphatic rings. The normalized spacial score (nSPS) is 11.1. The lowest BCUT2D eigenvalue weighted by molar-refractivity contribution is 0.841. The highest BCUT2D eigenvalue weighted by Gasteiger charge is 2.12. The molecule has 0 radical (unpaired) electrons. The van der Waals surface area contributed by atoms with Crippen molar-refractivity contribution in [3.8, 4) is 0 Å². The quantitative estimate of drug-likeness (QED) is 0.707. The number of halogens is 1. The van der Waals surface area contributed by atoms with Crippen LogP contribution in [0.5, 0.6) is 0 Å². The maximum atomic E-state index is 11.8. The molecular weight excluding hydrogens is 244 g/mol. The molecule has 0 N–H and O–H groups in total. The van der Waals surface area contributed by atoms with Crippen LogP contribution >= 0.6 is 15.9 Å². The highest BCUT2D eigenvalue weighted by Crippen LogP contribution is 2.25. The molecule has 0 aliphatic heterocycles. The minimum absolute atomic E-state index is 0.0237. The van der Waals surface area contributed by atoms with E-state index in [0.717, 1.165) is 15.7 Å². The molecule has 4 heteroatoms. The van der Waals surface area contributed by atoms with Gasteiger partial charge in [-0.05, 0) is 35.3 Å². The molecule has 2 aromatic heterocycles. The summed E-state index contributed by atoms with van der Waals surface area (Å²) < 4.78 is 4.40. The van der Waals surface area contributed by atoms with Crippen LogP contribution in [0.4, 0.5) is 0 Å². The van der Waals surface area contributed by atoms with Crippen molar-refractivity contribution in [2.75, 3.05) is 0 Å². The molecule has 0 bridgehead atoms. The molecule has 0 unspecified atom stereocenters. The number of hydrogen-bond acceptors (Lipinski definition) is 1. The van der Waals surface area contributed by atoms with E-state index < -0.39 is 0 Å². The molecule has 0 aromatic carbocycles. The maximum absolute atomic E-state index is 11.8. The second-order valence-electron chi connectivity index (χ2n) is 3.46. The molecule has 3 nitrogen and oxygen atoms in total. The third kappa shape index (κ3) is 1.07. The van der Waals surface area contributed by atoms with E-state index in [1.807, 2.05) is 24.4 Å². The van der Waals surface area contributed by atoms with E-state index in [-0.39, 0.29) is 5.56 Å². The number of rotatable bonds is 0. The standard InChI is InChI=1S/C10H11BrN2O/c1-6-7(2)13-5-4-12(3)10(14)9(13)8(6)11/h4-5H,1-3H3. The molecule has 0 fully saturated rings. The Morgan fingerprint density at radius 1 is 1.29 bits per heavy atom. The van der Waals surface area contributed by atoms with Gasteiger partial charge in [0.05, 0.1) is 4.47 Å². The molecule has 14 heavy (non-hydrogen) atoms.